The van der Waals surface area contributed by atoms with E-state index >= 15 is 0 Å². The largest absolute Gasteiger partial charge is 0.388 e. The predicted molar refractivity (Wildman–Crippen MR) is 116 cm³/mol. The maximum absolute atomic E-state index is 11.1. The van der Waals surface area contributed by atoms with E-state index in [2.05, 4.69) is 49.1 Å². The van der Waals surface area contributed by atoms with E-state index in [9.17, 15) is 5.11 Å². The molecule has 0 aliphatic heterocycles. The number of rotatable bonds is 10. The van der Waals surface area contributed by atoms with Gasteiger partial charge in [0, 0.05) is 6.54 Å². The van der Waals surface area contributed by atoms with Crippen LogP contribution < -0.4 is 0 Å². The molecule has 0 heterocycles. The molecule has 0 saturated heterocycles. The van der Waals surface area contributed by atoms with Crippen LogP contribution in [0.4, 0.5) is 0 Å². The van der Waals surface area contributed by atoms with Crippen molar-refractivity contribution in [2.24, 2.45) is 0 Å². The van der Waals surface area contributed by atoms with Crippen LogP contribution >= 0.6 is 0 Å². The summed E-state index contributed by atoms with van der Waals surface area (Å²) in [6, 6.07) is 11.0. The molecule has 3 rings (SSSR count). The van der Waals surface area contributed by atoms with Crippen molar-refractivity contribution >= 4 is 10.8 Å². The van der Waals surface area contributed by atoms with Gasteiger partial charge in [-0.3, -0.25) is 0 Å². The van der Waals surface area contributed by atoms with Crippen molar-refractivity contribution in [1.82, 2.24) is 4.90 Å². The van der Waals surface area contributed by atoms with Crippen molar-refractivity contribution in [2.75, 3.05) is 19.6 Å². The molecular weight excluding hydrogens is 330 g/mol. The molecule has 0 amide bonds. The highest BCUT2D eigenvalue weighted by molar-refractivity contribution is 5.90. The Balaban J connectivity index is 1.77. The maximum Gasteiger partial charge on any atom is 0.0808 e. The molecule has 0 bridgehead atoms. The molecule has 148 valence electrons. The number of fused-ring (bicyclic) bond motifs is 3. The Bertz CT molecular complexity index is 716. The lowest BCUT2D eigenvalue weighted by Gasteiger charge is -2.25. The molecule has 0 saturated carbocycles. The fourth-order valence-corrected chi connectivity index (χ4v) is 4.49. The summed E-state index contributed by atoms with van der Waals surface area (Å²) in [5, 5.41) is 13.7. The SMILES string of the molecule is CCCCN(CCCC)CCC(O)c1cc2c(c3ccccc13)CCCC2. The highest BCUT2D eigenvalue weighted by Gasteiger charge is 2.19. The fraction of sp³-hybridized carbons (Fsp3) is 0.600. The first kappa shape index (κ1) is 20.4. The summed E-state index contributed by atoms with van der Waals surface area (Å²) in [6.07, 6.45) is 10.4. The minimum absolute atomic E-state index is 0.368. The lowest BCUT2D eigenvalue weighted by atomic mass is 9.84. The Morgan fingerprint density at radius 2 is 1.59 bits per heavy atom. The average molecular weight is 368 g/mol. The molecule has 1 aliphatic rings. The Kier molecular flexibility index (Phi) is 7.72. The third-order valence-corrected chi connectivity index (χ3v) is 6.14. The smallest absolute Gasteiger partial charge is 0.0808 e. The maximum atomic E-state index is 11.1. The molecule has 2 aromatic carbocycles. The van der Waals surface area contributed by atoms with Gasteiger partial charge in [0.05, 0.1) is 6.10 Å². The van der Waals surface area contributed by atoms with Gasteiger partial charge in [0.1, 0.15) is 0 Å². The normalized spacial score (nSPS) is 15.3. The number of aryl methyl sites for hydroxylation is 2. The monoisotopic (exact) mass is 367 g/mol. The molecule has 1 aliphatic carbocycles. The van der Waals surface area contributed by atoms with Crippen molar-refractivity contribution in [3.8, 4) is 0 Å². The molecule has 27 heavy (non-hydrogen) atoms. The first-order valence-corrected chi connectivity index (χ1v) is 11.2. The standard InChI is InChI=1S/C25H37NO/c1-3-5-16-26(17-6-4-2)18-15-25(27)24-19-20-11-7-8-12-21(20)22-13-9-10-14-23(22)24/h9-10,13-14,19,25,27H,3-8,11-12,15-18H2,1-2H3. The highest BCUT2D eigenvalue weighted by Crippen LogP contribution is 2.35. The second-order valence-electron chi connectivity index (χ2n) is 8.21. The number of nitrogens with zero attached hydrogens (tertiary/aromatic N) is 1. The first-order valence-electron chi connectivity index (χ1n) is 11.2. The van der Waals surface area contributed by atoms with Gasteiger partial charge in [-0.05, 0) is 85.5 Å². The quantitative estimate of drug-likeness (QED) is 0.553. The molecule has 1 N–H and O–H groups in total. The lowest BCUT2D eigenvalue weighted by molar-refractivity contribution is 0.141. The van der Waals surface area contributed by atoms with Crippen LogP contribution in [0, 0.1) is 0 Å². The summed E-state index contributed by atoms with van der Waals surface area (Å²) >= 11 is 0. The van der Waals surface area contributed by atoms with Gasteiger partial charge in [-0.15, -0.1) is 0 Å². The van der Waals surface area contributed by atoms with E-state index < -0.39 is 0 Å². The molecule has 0 aromatic heterocycles. The van der Waals surface area contributed by atoms with Crippen LogP contribution in [-0.2, 0) is 12.8 Å². The van der Waals surface area contributed by atoms with Crippen LogP contribution in [-0.4, -0.2) is 29.6 Å². The molecule has 1 unspecified atom stereocenters. The van der Waals surface area contributed by atoms with Gasteiger partial charge in [0.2, 0.25) is 0 Å². The number of unbranched alkanes of at least 4 members (excludes halogenated alkanes) is 2. The van der Waals surface area contributed by atoms with E-state index in [0.717, 1.165) is 31.6 Å². The minimum Gasteiger partial charge on any atom is -0.388 e. The number of hydrogen-bond acceptors (Lipinski definition) is 2. The van der Waals surface area contributed by atoms with Crippen molar-refractivity contribution in [3.05, 3.63) is 47.0 Å². The van der Waals surface area contributed by atoms with E-state index in [1.165, 1.54) is 73.3 Å². The Hall–Kier alpha value is -1.38. The molecule has 2 nitrogen and oxygen atoms in total. The van der Waals surface area contributed by atoms with E-state index in [1.807, 2.05) is 0 Å². The Morgan fingerprint density at radius 3 is 2.30 bits per heavy atom. The zero-order chi connectivity index (χ0) is 19.1. The summed E-state index contributed by atoms with van der Waals surface area (Å²) in [5.41, 5.74) is 4.15. The third kappa shape index (κ3) is 5.12. The molecule has 0 spiro atoms. The number of hydrogen-bond donors (Lipinski definition) is 1. The van der Waals surface area contributed by atoms with Crippen LogP contribution in [0.2, 0.25) is 0 Å². The molecule has 1 atom stereocenters. The van der Waals surface area contributed by atoms with Crippen molar-refractivity contribution in [3.63, 3.8) is 0 Å². The van der Waals surface area contributed by atoms with E-state index in [1.54, 1.807) is 0 Å². The number of benzene rings is 2. The van der Waals surface area contributed by atoms with E-state index in [-0.39, 0.29) is 6.10 Å². The summed E-state index contributed by atoms with van der Waals surface area (Å²) in [4.78, 5) is 2.55. The summed E-state index contributed by atoms with van der Waals surface area (Å²) in [7, 11) is 0. The van der Waals surface area contributed by atoms with Crippen molar-refractivity contribution < 1.29 is 5.11 Å². The summed E-state index contributed by atoms with van der Waals surface area (Å²) in [5.74, 6) is 0. The van der Waals surface area contributed by atoms with Gasteiger partial charge >= 0.3 is 0 Å². The van der Waals surface area contributed by atoms with Crippen molar-refractivity contribution in [1.29, 1.82) is 0 Å². The van der Waals surface area contributed by atoms with Gasteiger partial charge in [-0.1, -0.05) is 57.0 Å². The zero-order valence-electron chi connectivity index (χ0n) is 17.3. The van der Waals surface area contributed by atoms with Crippen LogP contribution in [0.5, 0.6) is 0 Å². The highest BCUT2D eigenvalue weighted by atomic mass is 16.3. The fourth-order valence-electron chi connectivity index (χ4n) is 4.49. The molecule has 0 radical (unpaired) electrons. The van der Waals surface area contributed by atoms with Crippen LogP contribution in [0.15, 0.2) is 30.3 Å². The third-order valence-electron chi connectivity index (χ3n) is 6.14. The average Bonchev–Trinajstić information content (AvgIpc) is 2.72. The second kappa shape index (κ2) is 10.2. The lowest BCUT2D eigenvalue weighted by Crippen LogP contribution is -2.28. The minimum atomic E-state index is -0.368. The van der Waals surface area contributed by atoms with E-state index in [0.29, 0.717) is 0 Å². The van der Waals surface area contributed by atoms with Gasteiger partial charge in [0.25, 0.3) is 0 Å². The zero-order valence-corrected chi connectivity index (χ0v) is 17.3. The molecule has 0 fully saturated rings. The topological polar surface area (TPSA) is 23.5 Å². The first-order chi connectivity index (χ1) is 13.2. The number of aliphatic hydroxyl groups excluding tert-OH is 1. The van der Waals surface area contributed by atoms with Crippen LogP contribution in [0.1, 0.15) is 81.6 Å². The van der Waals surface area contributed by atoms with Crippen LogP contribution in [0.25, 0.3) is 10.8 Å². The molecule has 2 heteroatoms. The van der Waals surface area contributed by atoms with Gasteiger partial charge in [-0.25, -0.2) is 0 Å². The second-order valence-corrected chi connectivity index (χ2v) is 8.21. The predicted octanol–water partition coefficient (Wildman–Crippen LogP) is 6.04. The number of aliphatic hydroxyl groups is 1. The van der Waals surface area contributed by atoms with Crippen LogP contribution in [0.3, 0.4) is 0 Å². The molecular formula is C25H37NO. The van der Waals surface area contributed by atoms with Crippen molar-refractivity contribution in [2.45, 2.75) is 77.7 Å². The van der Waals surface area contributed by atoms with Gasteiger partial charge < -0.3 is 10.0 Å². The summed E-state index contributed by atoms with van der Waals surface area (Å²) in [6.45, 7) is 7.83. The summed E-state index contributed by atoms with van der Waals surface area (Å²) < 4.78 is 0. The van der Waals surface area contributed by atoms with E-state index in [4.69, 9.17) is 0 Å². The van der Waals surface area contributed by atoms with Gasteiger partial charge in [-0.2, -0.15) is 0 Å². The Morgan fingerprint density at radius 1 is 0.926 bits per heavy atom. The van der Waals surface area contributed by atoms with Gasteiger partial charge in [0.15, 0.2) is 0 Å². The Labute approximate surface area is 165 Å². The molecule has 2 aromatic rings.